The minimum absolute atomic E-state index is 0.0201. The standard InChI is InChI=1S/C31H30O14/c1-9-7-8-14-17-15(9)28(38)44-26-16-12(22(34)19(18(17)26)29(39)42-14)5-4-6-13(16)43-31-27(24(36)21(33)11(3)41-31)45-30-25(37)23(35)20(32)10(2)40-30/h4-8,10-11,20-21,23-25,27,30-37H,1-3H3. The molecule has 6 N–H and O–H groups in total. The van der Waals surface area contributed by atoms with Gasteiger partial charge in [-0.3, -0.25) is 0 Å². The number of hydrogen-bond acceptors (Lipinski definition) is 14. The third-order valence-electron chi connectivity index (χ3n) is 8.78. The van der Waals surface area contributed by atoms with Crippen molar-refractivity contribution in [3.8, 4) is 11.5 Å². The lowest BCUT2D eigenvalue weighted by Crippen LogP contribution is -2.63. The van der Waals surface area contributed by atoms with Crippen LogP contribution < -0.4 is 16.0 Å². The van der Waals surface area contributed by atoms with Crippen LogP contribution in [0.25, 0.3) is 43.5 Å². The fraction of sp³-hybridized carbons (Fsp3) is 0.419. The quantitative estimate of drug-likeness (QED) is 0.0920. The second kappa shape index (κ2) is 10.6. The van der Waals surface area contributed by atoms with Crippen LogP contribution in [0.3, 0.4) is 0 Å². The molecule has 0 radical (unpaired) electrons. The summed E-state index contributed by atoms with van der Waals surface area (Å²) in [6, 6.07) is 7.62. The van der Waals surface area contributed by atoms with Crippen molar-refractivity contribution >= 4 is 43.5 Å². The lowest BCUT2D eigenvalue weighted by atomic mass is 9.95. The van der Waals surface area contributed by atoms with Crippen LogP contribution in [0.1, 0.15) is 19.4 Å². The van der Waals surface area contributed by atoms with Crippen molar-refractivity contribution < 1.29 is 58.4 Å². The predicted molar refractivity (Wildman–Crippen MR) is 155 cm³/mol. The first-order valence-electron chi connectivity index (χ1n) is 14.3. The van der Waals surface area contributed by atoms with Gasteiger partial charge in [-0.05, 0) is 38.5 Å². The number of phenols is 1. The minimum atomic E-state index is -1.73. The number of ether oxygens (including phenoxy) is 4. The Kier molecular flexibility index (Phi) is 7.03. The van der Waals surface area contributed by atoms with E-state index in [2.05, 4.69) is 0 Å². The van der Waals surface area contributed by atoms with E-state index in [1.54, 1.807) is 19.1 Å². The van der Waals surface area contributed by atoms with Gasteiger partial charge in [-0.15, -0.1) is 0 Å². The van der Waals surface area contributed by atoms with Crippen LogP contribution in [0.15, 0.2) is 48.8 Å². The molecule has 10 atom stereocenters. The summed E-state index contributed by atoms with van der Waals surface area (Å²) in [5.41, 5.74) is -0.962. The van der Waals surface area contributed by atoms with E-state index < -0.39 is 78.4 Å². The summed E-state index contributed by atoms with van der Waals surface area (Å²) in [5.74, 6) is -0.468. The van der Waals surface area contributed by atoms with Gasteiger partial charge in [0.05, 0.1) is 23.0 Å². The fourth-order valence-electron chi connectivity index (χ4n) is 6.32. The maximum Gasteiger partial charge on any atom is 0.348 e. The van der Waals surface area contributed by atoms with E-state index in [1.807, 2.05) is 0 Å². The lowest BCUT2D eigenvalue weighted by Gasteiger charge is -2.45. The van der Waals surface area contributed by atoms with E-state index >= 15 is 0 Å². The Morgan fingerprint density at radius 1 is 0.689 bits per heavy atom. The van der Waals surface area contributed by atoms with E-state index in [0.717, 1.165) is 0 Å². The first-order chi connectivity index (χ1) is 21.4. The normalized spacial score (nSPS) is 32.6. The van der Waals surface area contributed by atoms with Crippen LogP contribution in [-0.2, 0) is 14.2 Å². The molecule has 7 rings (SSSR count). The molecule has 2 saturated heterocycles. The maximum absolute atomic E-state index is 13.3. The molecular weight excluding hydrogens is 596 g/mol. The zero-order chi connectivity index (χ0) is 32.1. The van der Waals surface area contributed by atoms with Crippen molar-refractivity contribution in [2.24, 2.45) is 0 Å². The summed E-state index contributed by atoms with van der Waals surface area (Å²) in [5, 5.41) is 64.5. The van der Waals surface area contributed by atoms with Gasteiger partial charge in [0.25, 0.3) is 0 Å². The monoisotopic (exact) mass is 626 g/mol. The average Bonchev–Trinajstić information content (AvgIpc) is 3.01. The zero-order valence-corrected chi connectivity index (χ0v) is 24.1. The maximum atomic E-state index is 13.3. The fourth-order valence-corrected chi connectivity index (χ4v) is 6.32. The molecule has 2 aliphatic heterocycles. The van der Waals surface area contributed by atoms with Crippen molar-refractivity contribution in [1.82, 2.24) is 0 Å². The van der Waals surface area contributed by atoms with E-state index in [4.69, 9.17) is 27.8 Å². The van der Waals surface area contributed by atoms with Gasteiger partial charge >= 0.3 is 11.3 Å². The molecule has 4 heterocycles. The number of aryl methyl sites for hydroxylation is 1. The number of aliphatic hydroxyl groups excluding tert-OH is 5. The van der Waals surface area contributed by atoms with Crippen molar-refractivity contribution in [1.29, 1.82) is 0 Å². The molecule has 45 heavy (non-hydrogen) atoms. The molecule has 0 saturated carbocycles. The zero-order valence-electron chi connectivity index (χ0n) is 24.1. The molecule has 0 aliphatic carbocycles. The summed E-state index contributed by atoms with van der Waals surface area (Å²) in [7, 11) is 0. The molecule has 0 spiro atoms. The van der Waals surface area contributed by atoms with Crippen LogP contribution in [0.2, 0.25) is 0 Å². The average molecular weight is 627 g/mol. The van der Waals surface area contributed by atoms with Gasteiger partial charge in [0.15, 0.2) is 18.0 Å². The predicted octanol–water partition coefficient (Wildman–Crippen LogP) is 0.716. The van der Waals surface area contributed by atoms with Crippen LogP contribution in [0.5, 0.6) is 11.5 Å². The largest absolute Gasteiger partial charge is 0.506 e. The molecule has 14 heteroatoms. The lowest BCUT2D eigenvalue weighted by molar-refractivity contribution is -0.352. The highest BCUT2D eigenvalue weighted by molar-refractivity contribution is 6.28. The third-order valence-corrected chi connectivity index (χ3v) is 8.78. The highest BCUT2D eigenvalue weighted by atomic mass is 16.8. The highest BCUT2D eigenvalue weighted by Crippen LogP contribution is 2.45. The van der Waals surface area contributed by atoms with E-state index in [0.29, 0.717) is 5.56 Å². The minimum Gasteiger partial charge on any atom is -0.506 e. The van der Waals surface area contributed by atoms with Gasteiger partial charge in [-0.2, -0.15) is 0 Å². The van der Waals surface area contributed by atoms with Gasteiger partial charge < -0.3 is 58.4 Å². The summed E-state index contributed by atoms with van der Waals surface area (Å²) >= 11 is 0. The van der Waals surface area contributed by atoms with Gasteiger partial charge in [-0.25, -0.2) is 9.59 Å². The number of aliphatic hydroxyl groups is 5. The second-order valence-corrected chi connectivity index (χ2v) is 11.6. The molecule has 238 valence electrons. The Labute approximate surface area is 252 Å². The summed E-state index contributed by atoms with van der Waals surface area (Å²) < 4.78 is 34.7. The summed E-state index contributed by atoms with van der Waals surface area (Å²) in [4.78, 5) is 26.4. The Bertz CT molecular complexity index is 2050. The number of rotatable bonds is 4. The van der Waals surface area contributed by atoms with Crippen LogP contribution >= 0.6 is 0 Å². The number of aromatic hydroxyl groups is 1. The van der Waals surface area contributed by atoms with Gasteiger partial charge in [-0.1, -0.05) is 18.2 Å². The van der Waals surface area contributed by atoms with Gasteiger partial charge in [0.2, 0.25) is 6.29 Å². The summed E-state index contributed by atoms with van der Waals surface area (Å²) in [6.45, 7) is 4.63. The smallest absolute Gasteiger partial charge is 0.348 e. The van der Waals surface area contributed by atoms with Crippen molar-refractivity contribution in [3.63, 3.8) is 0 Å². The molecule has 2 aliphatic rings. The molecule has 0 amide bonds. The molecule has 5 aromatic rings. The first-order valence-corrected chi connectivity index (χ1v) is 14.3. The molecule has 0 bridgehead atoms. The molecule has 2 aromatic heterocycles. The Morgan fingerprint density at radius 2 is 1.36 bits per heavy atom. The molecular formula is C31H30O14. The molecule has 3 aromatic carbocycles. The first kappa shape index (κ1) is 29.8. The SMILES string of the molecule is Cc1ccc2oc(=O)c3c(O)c4cccc(OC5OC(C)C(O)C(O)C5OC5OC(C)C(O)C(O)C5O)c4c4oc(=O)c1c2c34. The molecule has 10 unspecified atom stereocenters. The van der Waals surface area contributed by atoms with Gasteiger partial charge in [0.1, 0.15) is 53.0 Å². The van der Waals surface area contributed by atoms with Crippen molar-refractivity contribution in [3.05, 3.63) is 56.7 Å². The summed E-state index contributed by atoms with van der Waals surface area (Å²) in [6.07, 6.45) is -14.4. The van der Waals surface area contributed by atoms with E-state index in [-0.39, 0.29) is 49.2 Å². The Morgan fingerprint density at radius 3 is 2.09 bits per heavy atom. The highest BCUT2D eigenvalue weighted by Gasteiger charge is 2.50. The van der Waals surface area contributed by atoms with E-state index in [9.17, 15) is 40.2 Å². The second-order valence-electron chi connectivity index (χ2n) is 11.6. The van der Waals surface area contributed by atoms with Crippen molar-refractivity contribution in [2.45, 2.75) is 82.2 Å². The van der Waals surface area contributed by atoms with Crippen molar-refractivity contribution in [2.75, 3.05) is 0 Å². The van der Waals surface area contributed by atoms with Crippen LogP contribution in [0.4, 0.5) is 0 Å². The van der Waals surface area contributed by atoms with Crippen LogP contribution in [0, 0.1) is 6.92 Å². The number of hydrogen-bond donors (Lipinski definition) is 6. The van der Waals surface area contributed by atoms with Crippen LogP contribution in [-0.4, -0.2) is 92.1 Å². The Balaban J connectivity index is 1.39. The molecule has 14 nitrogen and oxygen atoms in total. The third kappa shape index (κ3) is 4.40. The number of benzene rings is 3. The number of fused-ring (bicyclic) bond motifs is 2. The van der Waals surface area contributed by atoms with Gasteiger partial charge in [0, 0.05) is 16.2 Å². The van der Waals surface area contributed by atoms with E-state index in [1.165, 1.54) is 32.0 Å². The number of phenolic OH excluding ortho intramolecular Hbond substituents is 1. The Hall–Kier alpha value is -3.86. The topological polar surface area (TPSA) is 219 Å². The molecule has 2 fully saturated rings.